The molecule has 2 aromatic rings. The first-order valence-corrected chi connectivity index (χ1v) is 7.11. The molecule has 2 rings (SSSR count). The summed E-state index contributed by atoms with van der Waals surface area (Å²) in [6, 6.07) is 8.25. The molecule has 22 heavy (non-hydrogen) atoms. The minimum atomic E-state index is -1.28. The maximum absolute atomic E-state index is 11.4. The molecule has 1 heterocycles. The van der Waals surface area contributed by atoms with Crippen LogP contribution in [0.1, 0.15) is 22.8 Å². The number of hydrogen-bond donors (Lipinski definition) is 3. The second-order valence-electron chi connectivity index (χ2n) is 4.90. The monoisotopic (exact) mass is 340 g/mol. The Morgan fingerprint density at radius 2 is 2.05 bits per heavy atom. The summed E-state index contributed by atoms with van der Waals surface area (Å²) in [5.74, 6) is -0.555. The Kier molecular flexibility index (Phi) is 4.85. The normalized spacial score (nSPS) is 13.5. The number of halogens is 2. The van der Waals surface area contributed by atoms with Gasteiger partial charge in [0.15, 0.2) is 11.0 Å². The fraction of sp³-hybridized carbons (Fsp3) is 0.214. The lowest BCUT2D eigenvalue weighted by Crippen LogP contribution is -2.32. The molecule has 0 aliphatic heterocycles. The van der Waals surface area contributed by atoms with Gasteiger partial charge in [-0.15, -0.1) is 10.2 Å². The fourth-order valence-corrected chi connectivity index (χ4v) is 2.42. The number of aromatic nitrogens is 2. The van der Waals surface area contributed by atoms with Crippen molar-refractivity contribution < 1.29 is 9.90 Å². The number of nitrogens with two attached hydrogens (primary N) is 1. The Morgan fingerprint density at radius 1 is 1.36 bits per heavy atom. The molecular formula is C14H14Cl2N4O2. The van der Waals surface area contributed by atoms with E-state index in [9.17, 15) is 9.90 Å². The van der Waals surface area contributed by atoms with E-state index in [-0.39, 0.29) is 23.1 Å². The molecule has 1 aromatic carbocycles. The van der Waals surface area contributed by atoms with Gasteiger partial charge in [-0.2, -0.15) is 0 Å². The Balaban J connectivity index is 2.23. The number of anilines is 1. The molecule has 4 N–H and O–H groups in total. The zero-order valence-corrected chi connectivity index (χ0v) is 13.2. The van der Waals surface area contributed by atoms with Crippen molar-refractivity contribution in [3.8, 4) is 0 Å². The molecule has 0 radical (unpaired) electrons. The van der Waals surface area contributed by atoms with E-state index in [4.69, 9.17) is 28.9 Å². The number of rotatable bonds is 5. The maximum Gasteiger partial charge on any atom is 0.252 e. The van der Waals surface area contributed by atoms with E-state index >= 15 is 0 Å². The van der Waals surface area contributed by atoms with Crippen LogP contribution < -0.4 is 11.1 Å². The minimum absolute atomic E-state index is 0.0489. The molecule has 1 unspecified atom stereocenters. The van der Waals surface area contributed by atoms with E-state index in [1.807, 2.05) is 0 Å². The first kappa shape index (κ1) is 16.5. The second-order valence-corrected chi connectivity index (χ2v) is 5.70. The van der Waals surface area contributed by atoms with Crippen molar-refractivity contribution >= 4 is 34.9 Å². The van der Waals surface area contributed by atoms with Crippen molar-refractivity contribution in [1.29, 1.82) is 0 Å². The van der Waals surface area contributed by atoms with Crippen LogP contribution in [0.15, 0.2) is 30.3 Å². The summed E-state index contributed by atoms with van der Waals surface area (Å²) >= 11 is 11.8. The van der Waals surface area contributed by atoms with Crippen molar-refractivity contribution in [1.82, 2.24) is 10.2 Å². The average molecular weight is 341 g/mol. The largest absolute Gasteiger partial charge is 0.384 e. The Hall–Kier alpha value is -1.89. The van der Waals surface area contributed by atoms with Gasteiger partial charge in [-0.3, -0.25) is 4.79 Å². The lowest BCUT2D eigenvalue weighted by molar-refractivity contribution is 0.0714. The molecule has 0 saturated heterocycles. The topological polar surface area (TPSA) is 101 Å². The molecule has 116 valence electrons. The molecule has 8 heteroatoms. The third-order valence-electron chi connectivity index (χ3n) is 3.08. The van der Waals surface area contributed by atoms with Crippen LogP contribution in [0.5, 0.6) is 0 Å². The first-order chi connectivity index (χ1) is 10.3. The quantitative estimate of drug-likeness (QED) is 0.774. The number of hydrogen-bond acceptors (Lipinski definition) is 5. The number of nitrogens with zero attached hydrogens (tertiary/aromatic N) is 2. The van der Waals surface area contributed by atoms with Crippen LogP contribution in [0, 0.1) is 0 Å². The smallest absolute Gasteiger partial charge is 0.252 e. The Bertz CT molecular complexity index is 707. The van der Waals surface area contributed by atoms with Gasteiger partial charge in [0.05, 0.1) is 5.56 Å². The van der Waals surface area contributed by atoms with Gasteiger partial charge in [0.25, 0.3) is 5.91 Å². The van der Waals surface area contributed by atoms with Crippen molar-refractivity contribution in [3.05, 3.63) is 51.6 Å². The third-order valence-corrected chi connectivity index (χ3v) is 3.60. The SMILES string of the molecule is CC(O)(CNc1nnc(Cl)cc1C(N)=O)c1ccccc1Cl. The van der Waals surface area contributed by atoms with E-state index < -0.39 is 11.5 Å². The second kappa shape index (κ2) is 6.48. The molecule has 0 aliphatic carbocycles. The third kappa shape index (κ3) is 3.65. The molecule has 1 atom stereocenters. The van der Waals surface area contributed by atoms with E-state index in [0.29, 0.717) is 10.6 Å². The zero-order chi connectivity index (χ0) is 16.3. The van der Waals surface area contributed by atoms with Crippen LogP contribution >= 0.6 is 23.2 Å². The van der Waals surface area contributed by atoms with Gasteiger partial charge < -0.3 is 16.2 Å². The van der Waals surface area contributed by atoms with Crippen LogP contribution in [-0.2, 0) is 5.60 Å². The molecular weight excluding hydrogens is 327 g/mol. The summed E-state index contributed by atoms with van der Waals surface area (Å²) in [6.45, 7) is 1.64. The first-order valence-electron chi connectivity index (χ1n) is 6.35. The summed E-state index contributed by atoms with van der Waals surface area (Å²) in [6.07, 6.45) is 0. The van der Waals surface area contributed by atoms with Gasteiger partial charge in [-0.05, 0) is 19.1 Å². The van der Waals surface area contributed by atoms with E-state index in [1.54, 1.807) is 31.2 Å². The highest BCUT2D eigenvalue weighted by Crippen LogP contribution is 2.28. The molecule has 0 fully saturated rings. The lowest BCUT2D eigenvalue weighted by atomic mass is 9.96. The summed E-state index contributed by atoms with van der Waals surface area (Å²) < 4.78 is 0. The van der Waals surface area contributed by atoms with Gasteiger partial charge in [0.1, 0.15) is 5.60 Å². The number of benzene rings is 1. The highest BCUT2D eigenvalue weighted by atomic mass is 35.5. The van der Waals surface area contributed by atoms with Crippen molar-refractivity contribution in [2.75, 3.05) is 11.9 Å². The lowest BCUT2D eigenvalue weighted by Gasteiger charge is -2.25. The van der Waals surface area contributed by atoms with E-state index in [2.05, 4.69) is 15.5 Å². The number of carbonyl (C=O) groups is 1. The maximum atomic E-state index is 11.4. The molecule has 0 saturated carbocycles. The summed E-state index contributed by atoms with van der Waals surface area (Å²) in [5, 5.41) is 21.3. The highest BCUT2D eigenvalue weighted by molar-refractivity contribution is 6.31. The van der Waals surface area contributed by atoms with E-state index in [0.717, 1.165) is 0 Å². The predicted octanol–water partition coefficient (Wildman–Crippen LogP) is 2.20. The highest BCUT2D eigenvalue weighted by Gasteiger charge is 2.26. The molecule has 0 bridgehead atoms. The number of aliphatic hydroxyl groups is 1. The zero-order valence-electron chi connectivity index (χ0n) is 11.7. The number of primary amides is 1. The standard InChI is InChI=1S/C14H14Cl2N4O2/c1-14(22,9-4-2-3-5-10(9)15)7-18-13-8(12(17)21)6-11(16)19-20-13/h2-6,22H,7H2,1H3,(H2,17,21)(H,18,20). The average Bonchev–Trinajstić information content (AvgIpc) is 2.46. The summed E-state index contributed by atoms with van der Waals surface area (Å²) in [7, 11) is 0. The van der Waals surface area contributed by atoms with Gasteiger partial charge in [-0.25, -0.2) is 0 Å². The van der Waals surface area contributed by atoms with Crippen molar-refractivity contribution in [2.24, 2.45) is 5.73 Å². The number of nitrogens with one attached hydrogen (secondary N) is 1. The molecule has 0 aliphatic rings. The van der Waals surface area contributed by atoms with Gasteiger partial charge in [0.2, 0.25) is 0 Å². The molecule has 1 aromatic heterocycles. The van der Waals surface area contributed by atoms with Gasteiger partial charge >= 0.3 is 0 Å². The minimum Gasteiger partial charge on any atom is -0.384 e. The van der Waals surface area contributed by atoms with Gasteiger partial charge in [0, 0.05) is 17.1 Å². The van der Waals surface area contributed by atoms with Crippen LogP contribution in [0.25, 0.3) is 0 Å². The molecule has 0 spiro atoms. The fourth-order valence-electron chi connectivity index (χ4n) is 1.94. The van der Waals surface area contributed by atoms with Crippen molar-refractivity contribution in [3.63, 3.8) is 0 Å². The Morgan fingerprint density at radius 3 is 2.68 bits per heavy atom. The molecule has 1 amide bonds. The van der Waals surface area contributed by atoms with E-state index in [1.165, 1.54) is 6.07 Å². The molecule has 6 nitrogen and oxygen atoms in total. The van der Waals surface area contributed by atoms with Crippen LogP contribution in [-0.4, -0.2) is 27.8 Å². The number of amides is 1. The predicted molar refractivity (Wildman–Crippen MR) is 85.1 cm³/mol. The van der Waals surface area contributed by atoms with Crippen LogP contribution in [0.3, 0.4) is 0 Å². The van der Waals surface area contributed by atoms with Gasteiger partial charge in [-0.1, -0.05) is 41.4 Å². The number of carbonyl (C=O) groups excluding carboxylic acids is 1. The van der Waals surface area contributed by atoms with Crippen molar-refractivity contribution in [2.45, 2.75) is 12.5 Å². The van der Waals surface area contributed by atoms with Crippen LogP contribution in [0.2, 0.25) is 10.2 Å². The summed E-state index contributed by atoms with van der Waals surface area (Å²) in [5.41, 5.74) is 4.63. The van der Waals surface area contributed by atoms with Crippen LogP contribution in [0.4, 0.5) is 5.82 Å². The summed E-state index contributed by atoms with van der Waals surface area (Å²) in [4.78, 5) is 11.4. The Labute approximate surface area is 137 Å².